The fourth-order valence-corrected chi connectivity index (χ4v) is 2.73. The molecule has 1 saturated carbocycles. The molecule has 6 heteroatoms. The first-order valence-corrected chi connectivity index (χ1v) is 7.32. The molecule has 0 bridgehead atoms. The van der Waals surface area contributed by atoms with Gasteiger partial charge in [-0.1, -0.05) is 34.6 Å². The van der Waals surface area contributed by atoms with E-state index in [4.69, 9.17) is 10.5 Å². The molecule has 0 aromatic heterocycles. The van der Waals surface area contributed by atoms with E-state index in [1.54, 1.807) is 20.8 Å². The molecule has 0 aromatic rings. The Hall–Kier alpha value is -1.14. The number of hydrogen-bond donors (Lipinski definition) is 3. The first-order chi connectivity index (χ1) is 9.38. The zero-order chi connectivity index (χ0) is 16.6. The zero-order valence-corrected chi connectivity index (χ0v) is 13.8. The topological polar surface area (TPSA) is 102 Å². The maximum absolute atomic E-state index is 12.5. The van der Waals surface area contributed by atoms with Crippen LogP contribution in [0.3, 0.4) is 0 Å². The Bertz CT molecular complexity index is 428. The van der Waals surface area contributed by atoms with Crippen LogP contribution in [-0.2, 0) is 14.3 Å². The number of ether oxygens (including phenoxy) is 1. The van der Waals surface area contributed by atoms with Gasteiger partial charge in [0.05, 0.1) is 6.10 Å². The number of rotatable bonds is 5. The second-order valence-electron chi connectivity index (χ2n) is 7.45. The quantitative estimate of drug-likeness (QED) is 0.706. The van der Waals surface area contributed by atoms with E-state index >= 15 is 0 Å². The molecule has 0 radical (unpaired) electrons. The molecule has 21 heavy (non-hydrogen) atoms. The second kappa shape index (κ2) is 5.57. The highest BCUT2D eigenvalue weighted by Crippen LogP contribution is 2.50. The summed E-state index contributed by atoms with van der Waals surface area (Å²) in [5.74, 6) is -1.48. The van der Waals surface area contributed by atoms with Crippen molar-refractivity contribution in [1.82, 2.24) is 5.32 Å². The van der Waals surface area contributed by atoms with Crippen molar-refractivity contribution in [2.24, 2.45) is 16.6 Å². The summed E-state index contributed by atoms with van der Waals surface area (Å²) in [6.07, 6.45) is 0.312. The van der Waals surface area contributed by atoms with Crippen molar-refractivity contribution in [3.8, 4) is 0 Å². The minimum Gasteiger partial charge on any atom is -0.480 e. The predicted molar refractivity (Wildman–Crippen MR) is 79.8 cm³/mol. The average Bonchev–Trinajstić information content (AvgIpc) is 2.33. The van der Waals surface area contributed by atoms with Gasteiger partial charge in [0.2, 0.25) is 5.91 Å². The van der Waals surface area contributed by atoms with Gasteiger partial charge in [0.25, 0.3) is 0 Å². The van der Waals surface area contributed by atoms with E-state index in [0.29, 0.717) is 13.0 Å². The molecule has 3 atom stereocenters. The molecule has 1 amide bonds. The number of aliphatic carboxylic acids is 1. The van der Waals surface area contributed by atoms with Crippen LogP contribution in [0.1, 0.15) is 48.0 Å². The van der Waals surface area contributed by atoms with Crippen molar-refractivity contribution in [2.75, 3.05) is 6.61 Å². The molecule has 0 heterocycles. The number of nitrogens with two attached hydrogens (primary N) is 1. The first kappa shape index (κ1) is 17.9. The molecule has 4 N–H and O–H groups in total. The maximum atomic E-state index is 12.5. The van der Waals surface area contributed by atoms with Crippen LogP contribution in [0.5, 0.6) is 0 Å². The van der Waals surface area contributed by atoms with E-state index in [0.717, 1.165) is 0 Å². The van der Waals surface area contributed by atoms with Crippen LogP contribution >= 0.6 is 0 Å². The van der Waals surface area contributed by atoms with E-state index in [2.05, 4.69) is 5.32 Å². The molecule has 0 spiro atoms. The molecule has 6 nitrogen and oxygen atoms in total. The number of carboxylic acid groups (broad SMARTS) is 1. The molecule has 1 aliphatic rings. The Morgan fingerprint density at radius 3 is 2.29 bits per heavy atom. The molecule has 1 aliphatic carbocycles. The lowest BCUT2D eigenvalue weighted by Gasteiger charge is -2.57. The van der Waals surface area contributed by atoms with Crippen molar-refractivity contribution in [2.45, 2.75) is 65.6 Å². The summed E-state index contributed by atoms with van der Waals surface area (Å²) >= 11 is 0. The second-order valence-corrected chi connectivity index (χ2v) is 7.45. The lowest BCUT2D eigenvalue weighted by molar-refractivity contribution is -0.173. The number of nitrogens with one attached hydrogen (secondary N) is 1. The number of hydrogen-bond acceptors (Lipinski definition) is 4. The van der Waals surface area contributed by atoms with Gasteiger partial charge in [0.15, 0.2) is 0 Å². The van der Waals surface area contributed by atoms with Crippen LogP contribution in [0.25, 0.3) is 0 Å². The highest BCUT2D eigenvalue weighted by Gasteiger charge is 2.63. The smallest absolute Gasteiger partial charge is 0.326 e. The summed E-state index contributed by atoms with van der Waals surface area (Å²) in [5.41, 5.74) is 4.02. The van der Waals surface area contributed by atoms with Crippen molar-refractivity contribution >= 4 is 11.9 Å². The molecule has 0 aliphatic heterocycles. The zero-order valence-electron chi connectivity index (χ0n) is 13.8. The Morgan fingerprint density at radius 2 is 1.95 bits per heavy atom. The van der Waals surface area contributed by atoms with E-state index < -0.39 is 34.3 Å². The van der Waals surface area contributed by atoms with Gasteiger partial charge in [-0.15, -0.1) is 0 Å². The summed E-state index contributed by atoms with van der Waals surface area (Å²) in [6.45, 7) is 11.5. The number of carbonyl (C=O) groups is 2. The number of carboxylic acids is 1. The summed E-state index contributed by atoms with van der Waals surface area (Å²) in [4.78, 5) is 23.9. The van der Waals surface area contributed by atoms with Gasteiger partial charge in [0, 0.05) is 18.4 Å². The Morgan fingerprint density at radius 1 is 1.43 bits per heavy atom. The fourth-order valence-electron chi connectivity index (χ4n) is 2.73. The van der Waals surface area contributed by atoms with Gasteiger partial charge in [-0.25, -0.2) is 4.79 Å². The largest absolute Gasteiger partial charge is 0.480 e. The molecule has 0 saturated heterocycles. The third kappa shape index (κ3) is 3.06. The third-order valence-electron chi connectivity index (χ3n) is 4.62. The highest BCUT2D eigenvalue weighted by atomic mass is 16.5. The van der Waals surface area contributed by atoms with Gasteiger partial charge in [0.1, 0.15) is 11.6 Å². The molecular weight excluding hydrogens is 272 g/mol. The molecular formula is C15H28N2O4. The Balaban J connectivity index is 2.87. The highest BCUT2D eigenvalue weighted by molar-refractivity contribution is 5.92. The van der Waals surface area contributed by atoms with Gasteiger partial charge >= 0.3 is 5.97 Å². The van der Waals surface area contributed by atoms with Crippen LogP contribution in [0.4, 0.5) is 0 Å². The molecule has 1 fully saturated rings. The molecule has 3 unspecified atom stereocenters. The average molecular weight is 300 g/mol. The maximum Gasteiger partial charge on any atom is 0.326 e. The van der Waals surface area contributed by atoms with Gasteiger partial charge in [-0.2, -0.15) is 0 Å². The van der Waals surface area contributed by atoms with Crippen LogP contribution in [0, 0.1) is 10.8 Å². The lowest BCUT2D eigenvalue weighted by Crippen LogP contribution is -2.76. The molecule has 122 valence electrons. The van der Waals surface area contributed by atoms with Crippen molar-refractivity contribution in [3.05, 3.63) is 0 Å². The van der Waals surface area contributed by atoms with E-state index in [1.165, 1.54) is 0 Å². The lowest BCUT2D eigenvalue weighted by atomic mass is 9.54. The Kier molecular flexibility index (Phi) is 4.75. The standard InChI is InChI=1S/C15H28N2O4/c1-7-21-9-8-15(16,14(9,5)6)12(20)17-10(11(18)19)13(2,3)4/h9-10H,7-8,16H2,1-6H3,(H,17,20)(H,18,19). The van der Waals surface area contributed by atoms with Gasteiger partial charge in [-0.3, -0.25) is 4.79 Å². The van der Waals surface area contributed by atoms with Crippen LogP contribution < -0.4 is 11.1 Å². The van der Waals surface area contributed by atoms with E-state index in [9.17, 15) is 14.7 Å². The first-order valence-electron chi connectivity index (χ1n) is 7.32. The fraction of sp³-hybridized carbons (Fsp3) is 0.867. The predicted octanol–water partition coefficient (Wildman–Crippen LogP) is 1.13. The molecule has 1 rings (SSSR count). The van der Waals surface area contributed by atoms with Gasteiger partial charge in [-0.05, 0) is 12.3 Å². The number of amides is 1. The van der Waals surface area contributed by atoms with E-state index in [1.807, 2.05) is 20.8 Å². The monoisotopic (exact) mass is 300 g/mol. The van der Waals surface area contributed by atoms with Crippen LogP contribution in [0.15, 0.2) is 0 Å². The third-order valence-corrected chi connectivity index (χ3v) is 4.62. The summed E-state index contributed by atoms with van der Waals surface area (Å²) in [6, 6.07) is -0.979. The summed E-state index contributed by atoms with van der Waals surface area (Å²) in [7, 11) is 0. The summed E-state index contributed by atoms with van der Waals surface area (Å²) < 4.78 is 5.58. The minimum atomic E-state index is -1.11. The number of carbonyl (C=O) groups excluding carboxylic acids is 1. The Labute approximate surface area is 126 Å². The van der Waals surface area contributed by atoms with Crippen molar-refractivity contribution in [1.29, 1.82) is 0 Å². The SMILES string of the molecule is CCOC1CC(N)(C(=O)NC(C(=O)O)C(C)(C)C)C1(C)C. The van der Waals surface area contributed by atoms with Crippen LogP contribution in [-0.4, -0.2) is 41.3 Å². The summed E-state index contributed by atoms with van der Waals surface area (Å²) in [5, 5.41) is 11.9. The normalized spacial score (nSPS) is 29.4. The van der Waals surface area contributed by atoms with Crippen molar-refractivity contribution in [3.63, 3.8) is 0 Å². The van der Waals surface area contributed by atoms with Crippen LogP contribution in [0.2, 0.25) is 0 Å². The van der Waals surface area contributed by atoms with Crippen molar-refractivity contribution < 1.29 is 19.4 Å². The van der Waals surface area contributed by atoms with Gasteiger partial charge < -0.3 is 20.9 Å². The minimum absolute atomic E-state index is 0.0869. The molecule has 0 aromatic carbocycles. The van der Waals surface area contributed by atoms with E-state index in [-0.39, 0.29) is 6.10 Å².